The second-order valence-electron chi connectivity index (χ2n) is 6.50. The highest BCUT2D eigenvalue weighted by Gasteiger charge is 2.56. The number of fused-ring (bicyclic) bond motifs is 1. The maximum absolute atomic E-state index is 8.46. The van der Waals surface area contributed by atoms with Crippen molar-refractivity contribution in [3.63, 3.8) is 0 Å². The lowest BCUT2D eigenvalue weighted by Gasteiger charge is -2.44. The van der Waals surface area contributed by atoms with Crippen LogP contribution < -0.4 is 0 Å². The van der Waals surface area contributed by atoms with E-state index in [-0.39, 0.29) is 16.2 Å². The molecule has 0 nitrogen and oxygen atoms in total. The zero-order valence-corrected chi connectivity index (χ0v) is 14.4. The fourth-order valence-corrected chi connectivity index (χ4v) is 3.39. The highest BCUT2D eigenvalue weighted by atomic mass is 79.9. The number of rotatable bonds is 0. The molecule has 0 unspecified atom stereocenters. The number of halogens is 2. The van der Waals surface area contributed by atoms with E-state index in [4.69, 9.17) is 2.74 Å². The lowest BCUT2D eigenvalue weighted by atomic mass is 9.59. The van der Waals surface area contributed by atoms with Crippen LogP contribution in [-0.2, 0) is 10.8 Å². The highest BCUT2D eigenvalue weighted by molar-refractivity contribution is 9.13. The molecule has 0 atom stereocenters. The molecule has 0 radical (unpaired) electrons. The average Bonchev–Trinajstić information content (AvgIpc) is 2.39. The maximum atomic E-state index is 8.46. The fraction of sp³-hybridized carbons (Fsp3) is 0.600. The third kappa shape index (κ3) is 1.53. The van der Waals surface area contributed by atoms with Crippen molar-refractivity contribution in [3.8, 4) is 0 Å². The summed E-state index contributed by atoms with van der Waals surface area (Å²) in [7, 11) is 0. The molecular formula is C15H20Br2. The summed E-state index contributed by atoms with van der Waals surface area (Å²) in [5, 5.41) is 0. The summed E-state index contributed by atoms with van der Waals surface area (Å²) in [5.41, 5.74) is 1.74. The van der Waals surface area contributed by atoms with Crippen LogP contribution in [0.15, 0.2) is 21.0 Å². The molecule has 17 heavy (non-hydrogen) atoms. The number of benzene rings is 1. The Morgan fingerprint density at radius 2 is 1.12 bits per heavy atom. The molecule has 2 rings (SSSR count). The smallest absolute Gasteiger partial charge is 0.0582 e. The number of hydrogen-bond donors (Lipinski definition) is 0. The van der Waals surface area contributed by atoms with Crippen LogP contribution in [0, 0.1) is 5.41 Å². The van der Waals surface area contributed by atoms with Gasteiger partial charge in [-0.25, -0.2) is 0 Å². The van der Waals surface area contributed by atoms with Crippen molar-refractivity contribution in [2.75, 3.05) is 0 Å². The van der Waals surface area contributed by atoms with Gasteiger partial charge in [0.05, 0.1) is 2.74 Å². The minimum Gasteiger partial charge on any atom is -0.0582 e. The summed E-state index contributed by atoms with van der Waals surface area (Å²) in [6, 6.07) is 1.03. The largest absolute Gasteiger partial charge is 0.0638 e. The van der Waals surface area contributed by atoms with Gasteiger partial charge in [0, 0.05) is 8.95 Å². The average molecular weight is 362 g/mol. The summed E-state index contributed by atoms with van der Waals surface area (Å²) < 4.78 is 18.3. The van der Waals surface area contributed by atoms with Gasteiger partial charge in [-0.3, -0.25) is 0 Å². The summed E-state index contributed by atoms with van der Waals surface area (Å²) in [4.78, 5) is 0. The summed E-state index contributed by atoms with van der Waals surface area (Å²) in [6.45, 7) is 13.3. The van der Waals surface area contributed by atoms with E-state index >= 15 is 0 Å². The Morgan fingerprint density at radius 1 is 0.824 bits per heavy atom. The third-order valence-electron chi connectivity index (χ3n) is 5.29. The standard InChI is InChI=1S/C15H20Br2/c1-13(2)9-7-11(16)12(17)8-10(9)14(3,4)15(13,5)6/h7-8H,1-6H3/i7D,8D. The van der Waals surface area contributed by atoms with Crippen LogP contribution >= 0.6 is 31.9 Å². The van der Waals surface area contributed by atoms with Crippen molar-refractivity contribution in [2.45, 2.75) is 52.4 Å². The van der Waals surface area contributed by atoms with Gasteiger partial charge in [-0.05, 0) is 71.3 Å². The van der Waals surface area contributed by atoms with Gasteiger partial charge < -0.3 is 0 Å². The monoisotopic (exact) mass is 360 g/mol. The Hall–Kier alpha value is 0.180. The van der Waals surface area contributed by atoms with Gasteiger partial charge in [-0.2, -0.15) is 0 Å². The molecule has 0 bridgehead atoms. The van der Waals surface area contributed by atoms with Crippen LogP contribution in [0.3, 0.4) is 0 Å². The van der Waals surface area contributed by atoms with Crippen molar-refractivity contribution in [2.24, 2.45) is 5.41 Å². The fourth-order valence-electron chi connectivity index (χ4n) is 2.80. The molecular weight excluding hydrogens is 340 g/mol. The van der Waals surface area contributed by atoms with E-state index in [1.54, 1.807) is 0 Å². The van der Waals surface area contributed by atoms with Crippen molar-refractivity contribution in [3.05, 3.63) is 32.2 Å². The molecule has 1 aromatic rings. The van der Waals surface area contributed by atoms with Gasteiger partial charge in [-0.1, -0.05) is 41.5 Å². The van der Waals surface area contributed by atoms with E-state index in [2.05, 4.69) is 73.4 Å². The highest BCUT2D eigenvalue weighted by Crippen LogP contribution is 2.62. The Morgan fingerprint density at radius 3 is 1.41 bits per heavy atom. The summed E-state index contributed by atoms with van der Waals surface area (Å²) in [5.74, 6) is 0. The van der Waals surface area contributed by atoms with E-state index in [1.807, 2.05) is 0 Å². The first-order valence-corrected chi connectivity index (χ1v) is 7.46. The lowest BCUT2D eigenvalue weighted by Crippen LogP contribution is -2.42. The third-order valence-corrected chi connectivity index (χ3v) is 7.01. The quantitative estimate of drug-likeness (QED) is 0.547. The normalized spacial score (nSPS) is 25.2. The van der Waals surface area contributed by atoms with Gasteiger partial charge in [0.1, 0.15) is 0 Å². The molecule has 0 saturated heterocycles. The van der Waals surface area contributed by atoms with Crippen molar-refractivity contribution in [1.82, 2.24) is 0 Å². The first-order valence-electron chi connectivity index (χ1n) is 6.88. The Balaban J connectivity index is 3.02. The molecule has 1 aromatic carbocycles. The molecule has 0 saturated carbocycles. The van der Waals surface area contributed by atoms with Gasteiger partial charge in [0.15, 0.2) is 0 Å². The zero-order valence-electron chi connectivity index (χ0n) is 13.3. The number of hydrogen-bond acceptors (Lipinski definition) is 0. The van der Waals surface area contributed by atoms with Crippen LogP contribution in [0.4, 0.5) is 0 Å². The Labute approximate surface area is 124 Å². The molecule has 1 aliphatic rings. The van der Waals surface area contributed by atoms with E-state index in [0.29, 0.717) is 21.0 Å². The van der Waals surface area contributed by atoms with Crippen LogP contribution in [0.5, 0.6) is 0 Å². The van der Waals surface area contributed by atoms with Crippen molar-refractivity contribution >= 4 is 31.9 Å². The molecule has 0 amide bonds. The van der Waals surface area contributed by atoms with Crippen LogP contribution in [0.1, 0.15) is 55.4 Å². The Kier molecular flexibility index (Phi) is 2.34. The minimum absolute atomic E-state index is 0.0197. The molecule has 0 N–H and O–H groups in total. The summed E-state index contributed by atoms with van der Waals surface area (Å²) in [6.07, 6.45) is 0. The van der Waals surface area contributed by atoms with Gasteiger partial charge in [-0.15, -0.1) is 0 Å². The summed E-state index contributed by atoms with van der Waals surface area (Å²) >= 11 is 6.91. The van der Waals surface area contributed by atoms with Crippen molar-refractivity contribution in [1.29, 1.82) is 0 Å². The molecule has 0 spiro atoms. The van der Waals surface area contributed by atoms with E-state index in [9.17, 15) is 0 Å². The second-order valence-corrected chi connectivity index (χ2v) is 8.09. The lowest BCUT2D eigenvalue weighted by molar-refractivity contribution is 0.125. The SMILES string of the molecule is [2H]c1c(Br)c(Br)c([2H])c2c1C(C)(C)C(C)(C)C2(C)C. The second kappa shape index (κ2) is 3.60. The first-order chi connectivity index (χ1) is 8.39. The first kappa shape index (κ1) is 11.0. The topological polar surface area (TPSA) is 0 Å². The molecule has 94 valence electrons. The molecule has 0 aliphatic heterocycles. The molecule has 0 heterocycles. The molecule has 0 aromatic heterocycles. The van der Waals surface area contributed by atoms with Crippen LogP contribution in [-0.4, -0.2) is 0 Å². The molecule has 0 fully saturated rings. The van der Waals surface area contributed by atoms with Gasteiger partial charge in [0.2, 0.25) is 0 Å². The molecule has 1 aliphatic carbocycles. The predicted molar refractivity (Wildman–Crippen MR) is 81.7 cm³/mol. The Bertz CT molecular complexity index is 523. The van der Waals surface area contributed by atoms with E-state index in [1.165, 1.54) is 0 Å². The molecule has 2 heteroatoms. The van der Waals surface area contributed by atoms with Gasteiger partial charge >= 0.3 is 0 Å². The van der Waals surface area contributed by atoms with E-state index < -0.39 is 0 Å². The van der Waals surface area contributed by atoms with Gasteiger partial charge in [0.25, 0.3) is 0 Å². The van der Waals surface area contributed by atoms with Crippen LogP contribution in [0.2, 0.25) is 0 Å². The zero-order chi connectivity index (χ0) is 15.0. The van der Waals surface area contributed by atoms with E-state index in [0.717, 1.165) is 11.1 Å². The van der Waals surface area contributed by atoms with Crippen LogP contribution in [0.25, 0.3) is 0 Å². The predicted octanol–water partition coefficient (Wildman–Crippen LogP) is 5.81. The minimum atomic E-state index is -0.137. The van der Waals surface area contributed by atoms with Crippen molar-refractivity contribution < 1.29 is 2.74 Å². The maximum Gasteiger partial charge on any atom is 0.0638 e.